The first-order valence-electron chi connectivity index (χ1n) is 4.33. The first-order valence-corrected chi connectivity index (χ1v) is 5.15. The summed E-state index contributed by atoms with van der Waals surface area (Å²) < 4.78 is 5.51. The Morgan fingerprint density at radius 1 is 1.57 bits per heavy atom. The van der Waals surface area contributed by atoms with Gasteiger partial charge in [0, 0.05) is 12.6 Å². The van der Waals surface area contributed by atoms with Crippen LogP contribution in [0.2, 0.25) is 0 Å². The van der Waals surface area contributed by atoms with Crippen molar-refractivity contribution in [2.75, 3.05) is 0 Å². The highest BCUT2D eigenvalue weighted by Gasteiger charge is 2.08. The molecule has 2 aromatic heterocycles. The van der Waals surface area contributed by atoms with Gasteiger partial charge in [0.05, 0.1) is 4.88 Å². The van der Waals surface area contributed by atoms with Gasteiger partial charge in [-0.25, -0.2) is 4.98 Å². The van der Waals surface area contributed by atoms with Crippen LogP contribution in [0.1, 0.15) is 22.4 Å². The molecule has 0 bridgehead atoms. The summed E-state index contributed by atoms with van der Waals surface area (Å²) in [5.74, 6) is 1.67. The van der Waals surface area contributed by atoms with E-state index in [4.69, 9.17) is 4.42 Å². The van der Waals surface area contributed by atoms with Crippen molar-refractivity contribution < 1.29 is 9.21 Å². The SMILES string of the molecule is CCc1ccc(-c2ncc(C=O)s2)o1. The fraction of sp³-hybridized carbons (Fsp3) is 0.200. The van der Waals surface area contributed by atoms with E-state index >= 15 is 0 Å². The zero-order chi connectivity index (χ0) is 9.97. The van der Waals surface area contributed by atoms with Gasteiger partial charge in [-0.15, -0.1) is 11.3 Å². The number of hydrogen-bond acceptors (Lipinski definition) is 4. The monoisotopic (exact) mass is 207 g/mol. The van der Waals surface area contributed by atoms with E-state index in [9.17, 15) is 4.79 Å². The van der Waals surface area contributed by atoms with E-state index in [2.05, 4.69) is 4.98 Å². The van der Waals surface area contributed by atoms with E-state index in [-0.39, 0.29) is 0 Å². The molecule has 0 aromatic carbocycles. The molecule has 0 unspecified atom stereocenters. The first kappa shape index (κ1) is 9.15. The lowest BCUT2D eigenvalue weighted by atomic mass is 10.4. The minimum Gasteiger partial charge on any atom is -0.459 e. The Morgan fingerprint density at radius 3 is 3.00 bits per heavy atom. The molecule has 0 saturated carbocycles. The molecule has 3 nitrogen and oxygen atoms in total. The summed E-state index contributed by atoms with van der Waals surface area (Å²) in [6.07, 6.45) is 3.22. The zero-order valence-corrected chi connectivity index (χ0v) is 8.50. The van der Waals surface area contributed by atoms with E-state index in [1.165, 1.54) is 11.3 Å². The van der Waals surface area contributed by atoms with Crippen LogP contribution in [0.15, 0.2) is 22.7 Å². The summed E-state index contributed by atoms with van der Waals surface area (Å²) in [5.41, 5.74) is 0. The number of thiazole rings is 1. The Balaban J connectivity index is 2.33. The molecule has 0 radical (unpaired) electrons. The molecule has 0 saturated heterocycles. The second-order valence-corrected chi connectivity index (χ2v) is 3.87. The summed E-state index contributed by atoms with van der Waals surface area (Å²) in [6, 6.07) is 3.81. The number of nitrogens with zero attached hydrogens (tertiary/aromatic N) is 1. The number of hydrogen-bond donors (Lipinski definition) is 0. The van der Waals surface area contributed by atoms with E-state index < -0.39 is 0 Å². The highest BCUT2D eigenvalue weighted by molar-refractivity contribution is 7.16. The lowest BCUT2D eigenvalue weighted by Crippen LogP contribution is -1.70. The third kappa shape index (κ3) is 1.61. The molecule has 0 atom stereocenters. The molecule has 2 aromatic rings. The lowest BCUT2D eigenvalue weighted by molar-refractivity contribution is 0.112. The van der Waals surface area contributed by atoms with Gasteiger partial charge in [-0.3, -0.25) is 4.79 Å². The largest absolute Gasteiger partial charge is 0.459 e. The molecule has 2 heterocycles. The Hall–Kier alpha value is -1.42. The third-order valence-electron chi connectivity index (χ3n) is 1.86. The highest BCUT2D eigenvalue weighted by Crippen LogP contribution is 2.26. The van der Waals surface area contributed by atoms with Crippen molar-refractivity contribution in [3.8, 4) is 10.8 Å². The molecule has 72 valence electrons. The van der Waals surface area contributed by atoms with E-state index in [1.54, 1.807) is 6.20 Å². The molecule has 14 heavy (non-hydrogen) atoms. The molecule has 0 fully saturated rings. The standard InChI is InChI=1S/C10H9NO2S/c1-2-7-3-4-9(13-7)10-11-5-8(6-12)14-10/h3-6H,2H2,1H3. The van der Waals surface area contributed by atoms with Crippen LogP contribution in [0.4, 0.5) is 0 Å². The quantitative estimate of drug-likeness (QED) is 0.727. The van der Waals surface area contributed by atoms with Gasteiger partial charge in [-0.1, -0.05) is 6.92 Å². The number of furan rings is 1. The molecular formula is C10H9NO2S. The average molecular weight is 207 g/mol. The predicted molar refractivity (Wildman–Crippen MR) is 54.6 cm³/mol. The Morgan fingerprint density at radius 2 is 2.43 bits per heavy atom. The van der Waals surface area contributed by atoms with Gasteiger partial charge >= 0.3 is 0 Å². The number of aromatic nitrogens is 1. The van der Waals surface area contributed by atoms with Gasteiger partial charge in [0.2, 0.25) is 0 Å². The highest BCUT2D eigenvalue weighted by atomic mass is 32.1. The molecule has 0 spiro atoms. The van der Waals surface area contributed by atoms with Crippen molar-refractivity contribution in [2.45, 2.75) is 13.3 Å². The van der Waals surface area contributed by atoms with E-state index in [1.807, 2.05) is 19.1 Å². The maximum atomic E-state index is 10.5. The molecular weight excluding hydrogens is 198 g/mol. The van der Waals surface area contributed by atoms with Crippen LogP contribution >= 0.6 is 11.3 Å². The number of aryl methyl sites for hydroxylation is 1. The Bertz CT molecular complexity index is 444. The second-order valence-electron chi connectivity index (χ2n) is 2.81. The maximum absolute atomic E-state index is 10.5. The predicted octanol–water partition coefficient (Wildman–Crippen LogP) is 2.78. The summed E-state index contributed by atoms with van der Waals surface area (Å²) >= 11 is 1.34. The second kappa shape index (κ2) is 3.75. The lowest BCUT2D eigenvalue weighted by Gasteiger charge is -1.88. The van der Waals surface area contributed by atoms with Crippen LogP contribution in [-0.4, -0.2) is 11.3 Å². The first-order chi connectivity index (χ1) is 6.83. The number of carbonyl (C=O) groups excluding carboxylic acids is 1. The summed E-state index contributed by atoms with van der Waals surface area (Å²) in [6.45, 7) is 2.03. The average Bonchev–Trinajstić information content (AvgIpc) is 2.86. The third-order valence-corrected chi connectivity index (χ3v) is 2.80. The summed E-state index contributed by atoms with van der Waals surface area (Å²) in [7, 11) is 0. The van der Waals surface area contributed by atoms with Gasteiger partial charge in [0.15, 0.2) is 17.1 Å². The number of carbonyl (C=O) groups is 1. The van der Waals surface area contributed by atoms with Crippen molar-refractivity contribution >= 4 is 17.6 Å². The smallest absolute Gasteiger partial charge is 0.162 e. The van der Waals surface area contributed by atoms with Crippen LogP contribution in [0.3, 0.4) is 0 Å². The van der Waals surface area contributed by atoms with Crippen molar-refractivity contribution in [3.63, 3.8) is 0 Å². The van der Waals surface area contributed by atoms with Gasteiger partial charge in [0.1, 0.15) is 5.76 Å². The minimum absolute atomic E-state index is 0.620. The van der Waals surface area contributed by atoms with Crippen LogP contribution in [-0.2, 0) is 6.42 Å². The fourth-order valence-corrected chi connectivity index (χ4v) is 1.83. The number of aldehydes is 1. The Kier molecular flexibility index (Phi) is 2.45. The Labute approximate surface area is 85.4 Å². The van der Waals surface area contributed by atoms with Crippen LogP contribution in [0, 0.1) is 0 Å². The van der Waals surface area contributed by atoms with Crippen LogP contribution < -0.4 is 0 Å². The summed E-state index contributed by atoms with van der Waals surface area (Å²) in [4.78, 5) is 15.2. The van der Waals surface area contributed by atoms with Crippen LogP contribution in [0.5, 0.6) is 0 Å². The van der Waals surface area contributed by atoms with Crippen molar-refractivity contribution in [1.29, 1.82) is 0 Å². The van der Waals surface area contributed by atoms with Gasteiger partial charge in [-0.2, -0.15) is 0 Å². The maximum Gasteiger partial charge on any atom is 0.162 e. The van der Waals surface area contributed by atoms with Crippen molar-refractivity contribution in [1.82, 2.24) is 4.98 Å². The molecule has 4 heteroatoms. The zero-order valence-electron chi connectivity index (χ0n) is 7.69. The van der Waals surface area contributed by atoms with E-state index in [0.717, 1.165) is 29.2 Å². The van der Waals surface area contributed by atoms with E-state index in [0.29, 0.717) is 4.88 Å². The molecule has 0 N–H and O–H groups in total. The van der Waals surface area contributed by atoms with Crippen molar-refractivity contribution in [3.05, 3.63) is 29.0 Å². The molecule has 0 aliphatic rings. The molecule has 0 amide bonds. The molecule has 2 rings (SSSR count). The minimum atomic E-state index is 0.620. The normalized spacial score (nSPS) is 10.4. The van der Waals surface area contributed by atoms with Crippen molar-refractivity contribution in [2.24, 2.45) is 0 Å². The van der Waals surface area contributed by atoms with Gasteiger partial charge < -0.3 is 4.42 Å². The molecule has 0 aliphatic carbocycles. The fourth-order valence-electron chi connectivity index (χ4n) is 1.14. The topological polar surface area (TPSA) is 43.1 Å². The van der Waals surface area contributed by atoms with Gasteiger partial charge in [0.25, 0.3) is 0 Å². The van der Waals surface area contributed by atoms with Gasteiger partial charge in [-0.05, 0) is 12.1 Å². The number of rotatable bonds is 3. The molecule has 0 aliphatic heterocycles. The van der Waals surface area contributed by atoms with Crippen LogP contribution in [0.25, 0.3) is 10.8 Å². The summed E-state index contributed by atoms with van der Waals surface area (Å²) in [5, 5.41) is 0.756.